The van der Waals surface area contributed by atoms with Crippen molar-refractivity contribution in [3.8, 4) is 11.5 Å². The fourth-order valence-electron chi connectivity index (χ4n) is 2.86. The van der Waals surface area contributed by atoms with E-state index in [1.165, 1.54) is 6.07 Å². The Balaban J connectivity index is 1.74. The van der Waals surface area contributed by atoms with Crippen LogP contribution in [0.2, 0.25) is 5.02 Å². The maximum absolute atomic E-state index is 11.1. The van der Waals surface area contributed by atoms with Crippen LogP contribution in [0.4, 0.5) is 5.69 Å². The van der Waals surface area contributed by atoms with Crippen LogP contribution < -0.4 is 14.8 Å². The van der Waals surface area contributed by atoms with E-state index in [0.717, 1.165) is 21.3 Å². The normalized spacial score (nSPS) is 10.5. The summed E-state index contributed by atoms with van der Waals surface area (Å²) in [5, 5.41) is 12.5. The van der Waals surface area contributed by atoms with Gasteiger partial charge in [-0.1, -0.05) is 41.9 Å². The molecule has 0 bridgehead atoms. The molecule has 0 aliphatic carbocycles. The lowest BCUT2D eigenvalue weighted by molar-refractivity contribution is 0.0697. The van der Waals surface area contributed by atoms with Crippen molar-refractivity contribution in [2.75, 3.05) is 11.9 Å². The molecule has 3 rings (SSSR count). The molecule has 30 heavy (non-hydrogen) atoms. The predicted molar refractivity (Wildman–Crippen MR) is 122 cm³/mol. The van der Waals surface area contributed by atoms with Gasteiger partial charge in [0.05, 0.1) is 21.7 Å². The van der Waals surface area contributed by atoms with Gasteiger partial charge in [-0.3, -0.25) is 0 Å². The fraction of sp³-hybridized carbons (Fsp3) is 0.174. The highest BCUT2D eigenvalue weighted by atomic mass is 79.9. The smallest absolute Gasteiger partial charge is 0.337 e. The van der Waals surface area contributed by atoms with Crippen LogP contribution in [-0.4, -0.2) is 17.7 Å². The van der Waals surface area contributed by atoms with E-state index >= 15 is 0 Å². The molecule has 3 aromatic rings. The SMILES string of the molecule is CCOc1cc(CNc2ccc(C(=O)O)c(Cl)c2)cc(Br)c1OCc1ccccc1. The van der Waals surface area contributed by atoms with Gasteiger partial charge in [-0.15, -0.1) is 0 Å². The van der Waals surface area contributed by atoms with Gasteiger partial charge < -0.3 is 19.9 Å². The molecule has 156 valence electrons. The Kier molecular flexibility index (Phi) is 7.60. The van der Waals surface area contributed by atoms with Crippen LogP contribution in [0.3, 0.4) is 0 Å². The number of rotatable bonds is 9. The van der Waals surface area contributed by atoms with Crippen molar-refractivity contribution in [3.63, 3.8) is 0 Å². The molecular formula is C23H21BrClNO4. The Hall–Kier alpha value is -2.70. The Bertz CT molecular complexity index is 1030. The third kappa shape index (κ3) is 5.68. The third-order valence-electron chi connectivity index (χ3n) is 4.29. The van der Waals surface area contributed by atoms with E-state index in [0.29, 0.717) is 31.3 Å². The number of aromatic carboxylic acids is 1. The van der Waals surface area contributed by atoms with Gasteiger partial charge >= 0.3 is 5.97 Å². The van der Waals surface area contributed by atoms with Crippen molar-refractivity contribution >= 4 is 39.2 Å². The maximum atomic E-state index is 11.1. The molecule has 7 heteroatoms. The quantitative estimate of drug-likeness (QED) is 0.364. The molecule has 0 aliphatic heterocycles. The first kappa shape index (κ1) is 22.0. The highest BCUT2D eigenvalue weighted by Crippen LogP contribution is 2.37. The molecule has 0 amide bonds. The first-order valence-electron chi connectivity index (χ1n) is 9.36. The minimum atomic E-state index is -1.05. The summed E-state index contributed by atoms with van der Waals surface area (Å²) < 4.78 is 12.6. The van der Waals surface area contributed by atoms with Crippen LogP contribution in [0.25, 0.3) is 0 Å². The Labute approximate surface area is 188 Å². The van der Waals surface area contributed by atoms with Gasteiger partial charge in [0.15, 0.2) is 11.5 Å². The first-order chi connectivity index (χ1) is 14.5. The van der Waals surface area contributed by atoms with Gasteiger partial charge in [0.2, 0.25) is 0 Å². The average molecular weight is 491 g/mol. The predicted octanol–water partition coefficient (Wildman–Crippen LogP) is 6.39. The summed E-state index contributed by atoms with van der Waals surface area (Å²) in [6.07, 6.45) is 0. The van der Waals surface area contributed by atoms with E-state index in [4.69, 9.17) is 26.2 Å². The molecule has 0 fully saturated rings. The third-order valence-corrected chi connectivity index (χ3v) is 5.19. The fourth-order valence-corrected chi connectivity index (χ4v) is 3.72. The van der Waals surface area contributed by atoms with Crippen molar-refractivity contribution in [3.05, 3.63) is 86.8 Å². The van der Waals surface area contributed by atoms with Crippen LogP contribution in [0, 0.1) is 0 Å². The molecule has 5 nitrogen and oxygen atoms in total. The summed E-state index contributed by atoms with van der Waals surface area (Å²) in [6.45, 7) is 3.37. The summed E-state index contributed by atoms with van der Waals surface area (Å²) in [6, 6.07) is 18.6. The van der Waals surface area contributed by atoms with Gasteiger partial charge in [0.1, 0.15) is 6.61 Å². The maximum Gasteiger partial charge on any atom is 0.337 e. The molecule has 0 unspecified atom stereocenters. The first-order valence-corrected chi connectivity index (χ1v) is 10.5. The molecular weight excluding hydrogens is 470 g/mol. The molecule has 0 radical (unpaired) electrons. The molecule has 0 saturated carbocycles. The number of halogens is 2. The Morgan fingerprint density at radius 3 is 2.50 bits per heavy atom. The summed E-state index contributed by atoms with van der Waals surface area (Å²) in [7, 11) is 0. The summed E-state index contributed by atoms with van der Waals surface area (Å²) in [5.74, 6) is 0.250. The second-order valence-corrected chi connectivity index (χ2v) is 7.73. The van der Waals surface area contributed by atoms with E-state index in [9.17, 15) is 4.79 Å². The largest absolute Gasteiger partial charge is 0.490 e. The molecule has 0 saturated heterocycles. The van der Waals surface area contributed by atoms with Crippen molar-refractivity contribution < 1.29 is 19.4 Å². The van der Waals surface area contributed by atoms with Crippen LogP contribution in [0.5, 0.6) is 11.5 Å². The van der Waals surface area contributed by atoms with E-state index in [1.807, 2.05) is 49.4 Å². The molecule has 3 aromatic carbocycles. The van der Waals surface area contributed by atoms with Crippen molar-refractivity contribution in [2.24, 2.45) is 0 Å². The Morgan fingerprint density at radius 2 is 1.83 bits per heavy atom. The van der Waals surface area contributed by atoms with E-state index in [2.05, 4.69) is 21.2 Å². The lowest BCUT2D eigenvalue weighted by Crippen LogP contribution is -2.04. The zero-order chi connectivity index (χ0) is 21.5. The lowest BCUT2D eigenvalue weighted by atomic mass is 10.1. The number of nitrogens with one attached hydrogen (secondary N) is 1. The number of hydrogen-bond acceptors (Lipinski definition) is 4. The molecule has 2 N–H and O–H groups in total. The Morgan fingerprint density at radius 1 is 1.07 bits per heavy atom. The topological polar surface area (TPSA) is 67.8 Å². The van der Waals surface area contributed by atoms with E-state index in [-0.39, 0.29) is 10.6 Å². The molecule has 0 aliphatic rings. The molecule has 0 atom stereocenters. The van der Waals surface area contributed by atoms with Gasteiger partial charge in [-0.25, -0.2) is 4.79 Å². The summed E-state index contributed by atoms with van der Waals surface area (Å²) in [4.78, 5) is 11.1. The zero-order valence-electron chi connectivity index (χ0n) is 16.3. The van der Waals surface area contributed by atoms with Gasteiger partial charge in [0.25, 0.3) is 0 Å². The number of benzene rings is 3. The van der Waals surface area contributed by atoms with E-state index in [1.54, 1.807) is 12.1 Å². The van der Waals surface area contributed by atoms with Gasteiger partial charge in [-0.2, -0.15) is 0 Å². The standard InChI is InChI=1S/C23H21BrClNO4/c1-2-29-21-11-16(13-26-17-8-9-18(23(27)28)20(25)12-17)10-19(24)22(21)30-14-15-6-4-3-5-7-15/h3-12,26H,2,13-14H2,1H3,(H,27,28). The second-order valence-electron chi connectivity index (χ2n) is 6.47. The average Bonchev–Trinajstić information content (AvgIpc) is 2.72. The van der Waals surface area contributed by atoms with Crippen molar-refractivity contribution in [1.29, 1.82) is 0 Å². The van der Waals surface area contributed by atoms with E-state index < -0.39 is 5.97 Å². The van der Waals surface area contributed by atoms with Crippen molar-refractivity contribution in [2.45, 2.75) is 20.1 Å². The summed E-state index contributed by atoms with van der Waals surface area (Å²) >= 11 is 9.62. The number of carboxylic acid groups (broad SMARTS) is 1. The number of carbonyl (C=O) groups is 1. The van der Waals surface area contributed by atoms with Crippen molar-refractivity contribution in [1.82, 2.24) is 0 Å². The second kappa shape index (κ2) is 10.4. The molecule has 0 heterocycles. The summed E-state index contributed by atoms with van der Waals surface area (Å²) in [5.41, 5.74) is 2.84. The highest BCUT2D eigenvalue weighted by molar-refractivity contribution is 9.10. The number of anilines is 1. The zero-order valence-corrected chi connectivity index (χ0v) is 18.7. The number of ether oxygens (including phenoxy) is 2. The molecule has 0 aromatic heterocycles. The number of hydrogen-bond donors (Lipinski definition) is 2. The van der Waals surface area contributed by atoms with Crippen LogP contribution >= 0.6 is 27.5 Å². The van der Waals surface area contributed by atoms with Crippen LogP contribution in [0.1, 0.15) is 28.4 Å². The monoisotopic (exact) mass is 489 g/mol. The number of carboxylic acids is 1. The van der Waals surface area contributed by atoms with Crippen LogP contribution in [-0.2, 0) is 13.2 Å². The van der Waals surface area contributed by atoms with Gasteiger partial charge in [0, 0.05) is 12.2 Å². The van der Waals surface area contributed by atoms with Gasteiger partial charge in [-0.05, 0) is 64.3 Å². The minimum absolute atomic E-state index is 0.0727. The lowest BCUT2D eigenvalue weighted by Gasteiger charge is -2.16. The molecule has 0 spiro atoms. The minimum Gasteiger partial charge on any atom is -0.490 e. The van der Waals surface area contributed by atoms with Crippen LogP contribution in [0.15, 0.2) is 65.1 Å². The highest BCUT2D eigenvalue weighted by Gasteiger charge is 2.13.